The van der Waals surface area contributed by atoms with Gasteiger partial charge in [0.05, 0.1) is 0 Å². The molecule has 0 bridgehead atoms. The summed E-state index contributed by atoms with van der Waals surface area (Å²) in [6.45, 7) is 4.92. The van der Waals surface area contributed by atoms with Crippen molar-refractivity contribution < 1.29 is 14.3 Å². The average Bonchev–Trinajstić information content (AvgIpc) is 3.53. The Morgan fingerprint density at radius 2 is 1.96 bits per heavy atom. The Labute approximate surface area is 160 Å². The molecule has 27 heavy (non-hydrogen) atoms. The third-order valence-corrected chi connectivity index (χ3v) is 10.4. The Morgan fingerprint density at radius 3 is 2.74 bits per heavy atom. The van der Waals surface area contributed by atoms with Crippen molar-refractivity contribution in [1.82, 2.24) is 0 Å². The van der Waals surface area contributed by atoms with Crippen LogP contribution in [0.4, 0.5) is 0 Å². The van der Waals surface area contributed by atoms with Gasteiger partial charge in [-0.1, -0.05) is 31.1 Å². The van der Waals surface area contributed by atoms with E-state index in [4.69, 9.17) is 4.74 Å². The number of hydrogen-bond acceptors (Lipinski definition) is 3. The maximum Gasteiger partial charge on any atom is 0.306 e. The summed E-state index contributed by atoms with van der Waals surface area (Å²) in [6, 6.07) is 0. The van der Waals surface area contributed by atoms with Gasteiger partial charge in [0.15, 0.2) is 5.78 Å². The first-order valence-corrected chi connectivity index (χ1v) is 11.1. The standard InChI is InChI=1S/C24H28O3/c1-22-6-3-12(25)9-17(22)13-10-14(13)20-16(22)4-7-23(2)21(20)15-11-18(15)24(23)8-5-19(26)27-24/h9,11,13-14,16,18,20-21H,3-8,10H2,1-2H3/t13?,14?,16?,18?,20?,21?,22-,23+,24+/m1/s1. The second-order valence-corrected chi connectivity index (χ2v) is 11.1. The molecule has 7 aliphatic rings. The normalized spacial score (nSPS) is 59.0. The van der Waals surface area contributed by atoms with Crippen molar-refractivity contribution in [2.24, 2.45) is 46.3 Å². The molecule has 9 atom stereocenters. The maximum absolute atomic E-state index is 12.1. The lowest BCUT2D eigenvalue weighted by Crippen LogP contribution is -2.56. The fraction of sp³-hybridized carbons (Fsp3) is 0.750. The Bertz CT molecular complexity index is 882. The predicted octanol–water partition coefficient (Wildman–Crippen LogP) is 4.23. The van der Waals surface area contributed by atoms with Crippen LogP contribution in [0.25, 0.3) is 0 Å². The molecular weight excluding hydrogens is 336 g/mol. The fourth-order valence-corrected chi connectivity index (χ4v) is 9.09. The minimum Gasteiger partial charge on any atom is -0.457 e. The third-order valence-electron chi connectivity index (χ3n) is 10.4. The lowest BCUT2D eigenvalue weighted by Gasteiger charge is -2.59. The van der Waals surface area contributed by atoms with Gasteiger partial charge in [0.2, 0.25) is 0 Å². The van der Waals surface area contributed by atoms with Gasteiger partial charge in [-0.3, -0.25) is 9.59 Å². The van der Waals surface area contributed by atoms with Gasteiger partial charge in [-0.2, -0.15) is 0 Å². The van der Waals surface area contributed by atoms with E-state index in [1.165, 1.54) is 24.8 Å². The van der Waals surface area contributed by atoms with Crippen molar-refractivity contribution in [2.75, 3.05) is 0 Å². The van der Waals surface area contributed by atoms with Gasteiger partial charge in [-0.05, 0) is 73.2 Å². The summed E-state index contributed by atoms with van der Waals surface area (Å²) in [7, 11) is 0. The van der Waals surface area contributed by atoms with Crippen LogP contribution in [-0.4, -0.2) is 17.4 Å². The van der Waals surface area contributed by atoms with Crippen molar-refractivity contribution in [3.8, 4) is 0 Å². The van der Waals surface area contributed by atoms with Crippen LogP contribution in [0.3, 0.4) is 0 Å². The first kappa shape index (κ1) is 15.5. The molecule has 0 aromatic heterocycles. The Morgan fingerprint density at radius 1 is 1.11 bits per heavy atom. The molecule has 0 aromatic rings. The number of fused-ring (bicyclic) bond motifs is 12. The Kier molecular flexibility index (Phi) is 2.46. The minimum absolute atomic E-state index is 0.0227. The molecule has 1 saturated heterocycles. The molecule has 1 aliphatic heterocycles. The van der Waals surface area contributed by atoms with Gasteiger partial charge < -0.3 is 4.74 Å². The zero-order chi connectivity index (χ0) is 18.3. The van der Waals surface area contributed by atoms with E-state index in [-0.39, 0.29) is 22.4 Å². The summed E-state index contributed by atoms with van der Waals surface area (Å²) in [5.74, 6) is 4.28. The molecule has 6 unspecified atom stereocenters. The summed E-state index contributed by atoms with van der Waals surface area (Å²) in [6.07, 6.45) is 11.5. The molecule has 0 aromatic carbocycles. The van der Waals surface area contributed by atoms with Gasteiger partial charge in [-0.25, -0.2) is 0 Å². The van der Waals surface area contributed by atoms with Crippen LogP contribution in [0.2, 0.25) is 0 Å². The van der Waals surface area contributed by atoms with Crippen LogP contribution < -0.4 is 0 Å². The van der Waals surface area contributed by atoms with Gasteiger partial charge >= 0.3 is 5.97 Å². The van der Waals surface area contributed by atoms with Crippen LogP contribution >= 0.6 is 0 Å². The van der Waals surface area contributed by atoms with E-state index in [2.05, 4.69) is 19.9 Å². The van der Waals surface area contributed by atoms with Gasteiger partial charge in [0, 0.05) is 24.2 Å². The largest absolute Gasteiger partial charge is 0.457 e. The van der Waals surface area contributed by atoms with Crippen molar-refractivity contribution in [1.29, 1.82) is 0 Å². The first-order valence-electron chi connectivity index (χ1n) is 11.1. The van der Waals surface area contributed by atoms with Crippen LogP contribution in [0, 0.1) is 46.3 Å². The molecule has 1 heterocycles. The number of ether oxygens (including phenoxy) is 1. The van der Waals surface area contributed by atoms with E-state index in [0.717, 1.165) is 31.1 Å². The molecule has 1 spiro atoms. The van der Waals surface area contributed by atoms with Crippen LogP contribution in [0.15, 0.2) is 23.3 Å². The number of hydrogen-bond donors (Lipinski definition) is 0. The first-order chi connectivity index (χ1) is 12.9. The molecule has 4 saturated carbocycles. The Hall–Kier alpha value is -1.38. The highest BCUT2D eigenvalue weighted by Crippen LogP contribution is 2.80. The van der Waals surface area contributed by atoms with Crippen molar-refractivity contribution in [2.45, 2.75) is 64.4 Å². The molecule has 3 heteroatoms. The molecule has 7 rings (SSSR count). The van der Waals surface area contributed by atoms with Gasteiger partial charge in [-0.15, -0.1) is 0 Å². The van der Waals surface area contributed by atoms with E-state index in [1.807, 2.05) is 6.08 Å². The van der Waals surface area contributed by atoms with E-state index < -0.39 is 0 Å². The molecular formula is C24H28O3. The SMILES string of the molecule is C[C@]12CCC(=O)C=C1C1CC1C1C2CC[C@@]2(C)C1C1=CC1[C@@]21CCC(=O)O1. The summed E-state index contributed by atoms with van der Waals surface area (Å²) >= 11 is 0. The van der Waals surface area contributed by atoms with E-state index >= 15 is 0 Å². The van der Waals surface area contributed by atoms with E-state index in [1.54, 1.807) is 5.57 Å². The van der Waals surface area contributed by atoms with Crippen molar-refractivity contribution in [3.05, 3.63) is 23.3 Å². The van der Waals surface area contributed by atoms with Gasteiger partial charge in [0.25, 0.3) is 0 Å². The molecule has 5 fully saturated rings. The predicted molar refractivity (Wildman–Crippen MR) is 99.5 cm³/mol. The molecule has 0 radical (unpaired) electrons. The highest BCUT2D eigenvalue weighted by atomic mass is 16.6. The highest BCUT2D eigenvalue weighted by molar-refractivity contribution is 5.92. The second-order valence-electron chi connectivity index (χ2n) is 11.1. The minimum atomic E-state index is -0.223. The van der Waals surface area contributed by atoms with Crippen molar-refractivity contribution in [3.63, 3.8) is 0 Å². The number of ketones is 1. The smallest absolute Gasteiger partial charge is 0.306 e. The zero-order valence-corrected chi connectivity index (χ0v) is 16.3. The van der Waals surface area contributed by atoms with E-state index in [0.29, 0.717) is 35.9 Å². The summed E-state index contributed by atoms with van der Waals surface area (Å²) in [4.78, 5) is 24.3. The fourth-order valence-electron chi connectivity index (χ4n) is 9.09. The molecule has 0 N–H and O–H groups in total. The molecule has 3 nitrogen and oxygen atoms in total. The number of esters is 1. The Balaban J connectivity index is 1.34. The zero-order valence-electron chi connectivity index (χ0n) is 16.3. The topological polar surface area (TPSA) is 43.4 Å². The van der Waals surface area contributed by atoms with Gasteiger partial charge in [0.1, 0.15) is 5.60 Å². The van der Waals surface area contributed by atoms with Crippen LogP contribution in [-0.2, 0) is 14.3 Å². The van der Waals surface area contributed by atoms with Crippen LogP contribution in [0.5, 0.6) is 0 Å². The lowest BCUT2D eigenvalue weighted by molar-refractivity contribution is -0.173. The number of rotatable bonds is 0. The summed E-state index contributed by atoms with van der Waals surface area (Å²) in [5, 5.41) is 0. The van der Waals surface area contributed by atoms with Crippen LogP contribution in [0.1, 0.15) is 58.8 Å². The summed E-state index contributed by atoms with van der Waals surface area (Å²) < 4.78 is 6.16. The highest BCUT2D eigenvalue weighted by Gasteiger charge is 2.78. The quantitative estimate of drug-likeness (QED) is 0.477. The number of carbonyl (C=O) groups excluding carboxylic acids is 2. The van der Waals surface area contributed by atoms with E-state index in [9.17, 15) is 9.59 Å². The number of allylic oxidation sites excluding steroid dienone is 1. The number of carbonyl (C=O) groups is 2. The second kappa shape index (κ2) is 4.28. The van der Waals surface area contributed by atoms with Crippen molar-refractivity contribution >= 4 is 11.8 Å². The maximum atomic E-state index is 12.1. The average molecular weight is 364 g/mol. The lowest BCUT2D eigenvalue weighted by atomic mass is 9.45. The molecule has 0 amide bonds. The molecule has 6 aliphatic carbocycles. The monoisotopic (exact) mass is 364 g/mol. The summed E-state index contributed by atoms with van der Waals surface area (Å²) in [5.41, 5.74) is 3.28. The third kappa shape index (κ3) is 1.53. The molecule has 142 valence electrons.